The summed E-state index contributed by atoms with van der Waals surface area (Å²) in [6.45, 7) is 6.85. The van der Waals surface area contributed by atoms with Crippen LogP contribution in [-0.4, -0.2) is 43.3 Å². The number of fused-ring (bicyclic) bond motifs is 1. The number of ether oxygens (including phenoxy) is 1. The number of para-hydroxylation sites is 1. The summed E-state index contributed by atoms with van der Waals surface area (Å²) in [6.07, 6.45) is 1.28. The zero-order valence-electron chi connectivity index (χ0n) is 19.5. The predicted molar refractivity (Wildman–Crippen MR) is 133 cm³/mol. The maximum atomic E-state index is 13.1. The third-order valence-electron chi connectivity index (χ3n) is 5.10. The van der Waals surface area contributed by atoms with Gasteiger partial charge in [0, 0.05) is 19.7 Å². The summed E-state index contributed by atoms with van der Waals surface area (Å²) in [5.41, 5.74) is 4.57. The molecule has 2 aromatic heterocycles. The first kappa shape index (κ1) is 25.4. The number of rotatable bonds is 11. The van der Waals surface area contributed by atoms with Crippen molar-refractivity contribution in [3.63, 3.8) is 0 Å². The highest BCUT2D eigenvalue weighted by molar-refractivity contribution is 7.99. The van der Waals surface area contributed by atoms with Gasteiger partial charge in [-0.2, -0.15) is 0 Å². The normalized spacial score (nSPS) is 11.4. The predicted octanol–water partition coefficient (Wildman–Crippen LogP) is 2.03. The average molecular weight is 488 g/mol. The number of hydrogen-bond donors (Lipinski definition) is 2. The van der Waals surface area contributed by atoms with Crippen LogP contribution in [0.1, 0.15) is 44.0 Å². The molecule has 182 valence electrons. The number of Topliss-reactive ketones (excluding diaryl/α,β-unsaturated/α-hetero) is 1. The molecule has 0 unspecified atom stereocenters. The van der Waals surface area contributed by atoms with Crippen molar-refractivity contribution in [2.45, 2.75) is 58.0 Å². The number of hydrogen-bond acceptors (Lipinski definition) is 8. The molecule has 11 heteroatoms. The van der Waals surface area contributed by atoms with Crippen LogP contribution in [0.4, 0.5) is 5.82 Å². The number of ketones is 1. The molecule has 0 bridgehead atoms. The van der Waals surface area contributed by atoms with E-state index in [1.54, 1.807) is 24.3 Å². The van der Waals surface area contributed by atoms with Crippen LogP contribution < -0.4 is 22.5 Å². The van der Waals surface area contributed by atoms with E-state index in [1.165, 1.54) is 9.13 Å². The molecule has 3 rings (SSSR count). The fraction of sp³-hybridized carbons (Fsp3) is 0.435. The van der Waals surface area contributed by atoms with E-state index in [9.17, 15) is 19.2 Å². The summed E-state index contributed by atoms with van der Waals surface area (Å²) in [5.74, 6) is -0.883. The van der Waals surface area contributed by atoms with Gasteiger partial charge in [-0.3, -0.25) is 28.5 Å². The smallest absolute Gasteiger partial charge is 0.329 e. The van der Waals surface area contributed by atoms with Gasteiger partial charge in [0.05, 0.1) is 22.8 Å². The van der Waals surface area contributed by atoms with Gasteiger partial charge in [0.2, 0.25) is 0 Å². The first-order valence-corrected chi connectivity index (χ1v) is 12.1. The molecule has 0 amide bonds. The Morgan fingerprint density at radius 2 is 1.91 bits per heavy atom. The number of nitrogens with one attached hydrogen (secondary N) is 1. The van der Waals surface area contributed by atoms with Gasteiger partial charge in [0.1, 0.15) is 11.4 Å². The Balaban J connectivity index is 1.91. The van der Waals surface area contributed by atoms with Crippen molar-refractivity contribution in [1.82, 2.24) is 19.1 Å². The van der Waals surface area contributed by atoms with E-state index >= 15 is 0 Å². The van der Waals surface area contributed by atoms with Crippen LogP contribution in [0.2, 0.25) is 0 Å². The Bertz CT molecular complexity index is 1360. The molecule has 0 saturated carbocycles. The molecule has 2 heterocycles. The lowest BCUT2D eigenvalue weighted by Crippen LogP contribution is -2.36. The lowest BCUT2D eigenvalue weighted by atomic mass is 10.2. The van der Waals surface area contributed by atoms with E-state index in [2.05, 4.69) is 9.97 Å². The topological polar surface area (TPSA) is 142 Å². The molecule has 10 nitrogen and oxygen atoms in total. The summed E-state index contributed by atoms with van der Waals surface area (Å²) in [5, 5.41) is 0.841. The lowest BCUT2D eigenvalue weighted by molar-refractivity contribution is 0.0743. The Morgan fingerprint density at radius 1 is 1.18 bits per heavy atom. The maximum absolute atomic E-state index is 13.1. The van der Waals surface area contributed by atoms with Crippen molar-refractivity contribution in [1.29, 1.82) is 0 Å². The van der Waals surface area contributed by atoms with Crippen molar-refractivity contribution in [3.8, 4) is 0 Å². The molecule has 1 aromatic carbocycles. The minimum absolute atomic E-state index is 0.0810. The van der Waals surface area contributed by atoms with Gasteiger partial charge in [0.15, 0.2) is 10.9 Å². The third kappa shape index (κ3) is 5.65. The van der Waals surface area contributed by atoms with Crippen LogP contribution in [-0.2, 0) is 17.8 Å². The number of thioether (sulfide) groups is 1. The summed E-state index contributed by atoms with van der Waals surface area (Å²) in [4.78, 5) is 57.2. The zero-order chi connectivity index (χ0) is 24.8. The molecule has 0 saturated heterocycles. The third-order valence-corrected chi connectivity index (χ3v) is 6.08. The van der Waals surface area contributed by atoms with E-state index in [-0.39, 0.29) is 35.3 Å². The molecule has 0 fully saturated rings. The minimum Gasteiger partial charge on any atom is -0.384 e. The second kappa shape index (κ2) is 11.3. The number of H-pyrrole nitrogens is 1. The van der Waals surface area contributed by atoms with Crippen LogP contribution >= 0.6 is 11.8 Å². The maximum Gasteiger partial charge on any atom is 0.329 e. The Hall–Kier alpha value is -3.18. The molecule has 0 spiro atoms. The highest BCUT2D eigenvalue weighted by Gasteiger charge is 2.21. The number of nitrogen functional groups attached to an aromatic ring is 1. The van der Waals surface area contributed by atoms with Crippen molar-refractivity contribution in [3.05, 3.63) is 61.0 Å². The zero-order valence-corrected chi connectivity index (χ0v) is 20.3. The number of nitrogens with zero attached hydrogens (tertiary/aromatic N) is 3. The SMILES string of the molecule is CCCn1c(N)c(C(=O)CSc2nc3ccccc3c(=O)n2CCCOC(C)C)c(=O)[nH]c1=O. The molecule has 34 heavy (non-hydrogen) atoms. The number of carbonyl (C=O) groups is 1. The van der Waals surface area contributed by atoms with Crippen LogP contribution in [0.5, 0.6) is 0 Å². The van der Waals surface area contributed by atoms with Gasteiger partial charge in [0.25, 0.3) is 11.1 Å². The van der Waals surface area contributed by atoms with Gasteiger partial charge in [-0.1, -0.05) is 30.8 Å². The first-order chi connectivity index (χ1) is 16.2. The Morgan fingerprint density at radius 3 is 2.62 bits per heavy atom. The molecular formula is C23H29N5O5S. The summed E-state index contributed by atoms with van der Waals surface area (Å²) < 4.78 is 8.28. The van der Waals surface area contributed by atoms with E-state index in [1.807, 2.05) is 20.8 Å². The van der Waals surface area contributed by atoms with Gasteiger partial charge < -0.3 is 10.5 Å². The molecule has 0 aliphatic carbocycles. The van der Waals surface area contributed by atoms with E-state index in [4.69, 9.17) is 10.5 Å². The number of aromatic nitrogens is 4. The fourth-order valence-corrected chi connectivity index (χ4v) is 4.40. The monoisotopic (exact) mass is 487 g/mol. The lowest BCUT2D eigenvalue weighted by Gasteiger charge is -2.14. The number of anilines is 1. The highest BCUT2D eigenvalue weighted by Crippen LogP contribution is 2.20. The molecule has 0 radical (unpaired) electrons. The van der Waals surface area contributed by atoms with Crippen molar-refractivity contribution < 1.29 is 9.53 Å². The second-order valence-corrected chi connectivity index (χ2v) is 8.97. The number of carbonyl (C=O) groups excluding carboxylic acids is 1. The number of benzene rings is 1. The quantitative estimate of drug-likeness (QED) is 0.181. The van der Waals surface area contributed by atoms with E-state index in [0.717, 1.165) is 11.8 Å². The van der Waals surface area contributed by atoms with Crippen molar-refractivity contribution in [2.24, 2.45) is 0 Å². The van der Waals surface area contributed by atoms with Crippen molar-refractivity contribution in [2.75, 3.05) is 18.1 Å². The molecule has 0 atom stereocenters. The van der Waals surface area contributed by atoms with Gasteiger partial charge in [-0.15, -0.1) is 0 Å². The van der Waals surface area contributed by atoms with Gasteiger partial charge in [-0.25, -0.2) is 9.78 Å². The summed E-state index contributed by atoms with van der Waals surface area (Å²) >= 11 is 1.05. The van der Waals surface area contributed by atoms with Crippen molar-refractivity contribution >= 4 is 34.3 Å². The largest absolute Gasteiger partial charge is 0.384 e. The second-order valence-electron chi connectivity index (χ2n) is 8.02. The molecule has 0 aliphatic rings. The fourth-order valence-electron chi connectivity index (χ4n) is 3.50. The summed E-state index contributed by atoms with van der Waals surface area (Å²) in [7, 11) is 0. The Kier molecular flexibility index (Phi) is 8.46. The minimum atomic E-state index is -0.824. The molecule has 3 N–H and O–H groups in total. The van der Waals surface area contributed by atoms with Gasteiger partial charge in [-0.05, 0) is 38.8 Å². The van der Waals surface area contributed by atoms with E-state index < -0.39 is 17.0 Å². The first-order valence-electron chi connectivity index (χ1n) is 11.1. The van der Waals surface area contributed by atoms with E-state index in [0.29, 0.717) is 42.1 Å². The van der Waals surface area contributed by atoms with Crippen LogP contribution in [0, 0.1) is 0 Å². The molecule has 0 aliphatic heterocycles. The highest BCUT2D eigenvalue weighted by atomic mass is 32.2. The van der Waals surface area contributed by atoms with Crippen LogP contribution in [0.25, 0.3) is 10.9 Å². The van der Waals surface area contributed by atoms with Crippen LogP contribution in [0.15, 0.2) is 43.8 Å². The molecular weight excluding hydrogens is 458 g/mol. The van der Waals surface area contributed by atoms with Gasteiger partial charge >= 0.3 is 5.69 Å². The summed E-state index contributed by atoms with van der Waals surface area (Å²) in [6, 6.07) is 7.00. The van der Waals surface area contributed by atoms with Crippen LogP contribution in [0.3, 0.4) is 0 Å². The molecule has 3 aromatic rings. The average Bonchev–Trinajstić information content (AvgIpc) is 2.79. The standard InChI is InChI=1S/C23H29N5O5S/c1-4-10-27-19(24)18(20(30)26-22(27)32)17(29)13-34-23-25-16-9-6-5-8-15(16)21(31)28(23)11-7-12-33-14(2)3/h5-6,8-9,14H,4,7,10-13,24H2,1-3H3,(H,26,30,32). The number of nitrogens with two attached hydrogens (primary N) is 1. The number of aromatic amines is 1. The Labute approximate surface area is 200 Å².